The van der Waals surface area contributed by atoms with E-state index in [4.69, 9.17) is 4.99 Å². The van der Waals surface area contributed by atoms with Gasteiger partial charge in [-0.25, -0.2) is 0 Å². The van der Waals surface area contributed by atoms with Gasteiger partial charge in [0.15, 0.2) is 5.96 Å². The van der Waals surface area contributed by atoms with Crippen molar-refractivity contribution in [1.82, 2.24) is 15.5 Å². The summed E-state index contributed by atoms with van der Waals surface area (Å²) in [7, 11) is 0. The SMILES string of the molecule is CCNC(=NCCCSC)NC1CCN(Cc2ccccc2)CC1.I. The molecule has 0 amide bonds. The van der Waals surface area contributed by atoms with Gasteiger partial charge in [0.2, 0.25) is 0 Å². The molecule has 0 saturated carbocycles. The van der Waals surface area contributed by atoms with E-state index in [0.29, 0.717) is 6.04 Å². The molecule has 0 unspecified atom stereocenters. The number of likely N-dealkylation sites (tertiary alicyclic amines) is 1. The predicted octanol–water partition coefficient (Wildman–Crippen LogP) is 3.58. The normalized spacial score (nSPS) is 16.3. The van der Waals surface area contributed by atoms with E-state index in [9.17, 15) is 0 Å². The zero-order chi connectivity index (χ0) is 17.0. The summed E-state index contributed by atoms with van der Waals surface area (Å²) in [6.45, 7) is 7.32. The van der Waals surface area contributed by atoms with Crippen LogP contribution in [0, 0.1) is 0 Å². The molecule has 1 aromatic rings. The minimum Gasteiger partial charge on any atom is -0.357 e. The van der Waals surface area contributed by atoms with Crippen LogP contribution in [0.25, 0.3) is 0 Å². The maximum atomic E-state index is 4.70. The van der Waals surface area contributed by atoms with Crippen molar-refractivity contribution in [1.29, 1.82) is 0 Å². The van der Waals surface area contributed by atoms with Gasteiger partial charge in [-0.1, -0.05) is 30.3 Å². The second-order valence-corrected chi connectivity index (χ2v) is 7.27. The highest BCUT2D eigenvalue weighted by Crippen LogP contribution is 2.13. The summed E-state index contributed by atoms with van der Waals surface area (Å²) in [6.07, 6.45) is 5.66. The maximum absolute atomic E-state index is 4.70. The summed E-state index contributed by atoms with van der Waals surface area (Å²) in [4.78, 5) is 7.25. The third-order valence-electron chi connectivity index (χ3n) is 4.30. The number of halogens is 1. The molecule has 0 spiro atoms. The molecule has 142 valence electrons. The number of piperidine rings is 1. The van der Waals surface area contributed by atoms with E-state index in [1.54, 1.807) is 0 Å². The summed E-state index contributed by atoms with van der Waals surface area (Å²) in [5, 5.41) is 7.00. The highest BCUT2D eigenvalue weighted by molar-refractivity contribution is 14.0. The Hall–Kier alpha value is -0.470. The summed E-state index contributed by atoms with van der Waals surface area (Å²) < 4.78 is 0. The lowest BCUT2D eigenvalue weighted by Gasteiger charge is -2.33. The Kier molecular flexibility index (Phi) is 12.4. The number of hydrogen-bond donors (Lipinski definition) is 2. The largest absolute Gasteiger partial charge is 0.357 e. The molecule has 25 heavy (non-hydrogen) atoms. The van der Waals surface area contributed by atoms with Crippen LogP contribution in [-0.2, 0) is 6.54 Å². The lowest BCUT2D eigenvalue weighted by atomic mass is 10.0. The minimum absolute atomic E-state index is 0. The van der Waals surface area contributed by atoms with Crippen LogP contribution in [0.2, 0.25) is 0 Å². The lowest BCUT2D eigenvalue weighted by Crippen LogP contribution is -2.48. The van der Waals surface area contributed by atoms with Crippen LogP contribution in [-0.4, -0.2) is 55.1 Å². The molecule has 1 aromatic carbocycles. The molecule has 2 rings (SSSR count). The van der Waals surface area contributed by atoms with Gasteiger partial charge >= 0.3 is 0 Å². The van der Waals surface area contributed by atoms with E-state index >= 15 is 0 Å². The van der Waals surface area contributed by atoms with Gasteiger partial charge in [0, 0.05) is 38.8 Å². The van der Waals surface area contributed by atoms with Crippen LogP contribution in [0.5, 0.6) is 0 Å². The van der Waals surface area contributed by atoms with Gasteiger partial charge in [-0.2, -0.15) is 11.8 Å². The molecule has 0 aromatic heterocycles. The standard InChI is InChI=1S/C19H32N4S.HI/c1-3-20-19(21-12-7-15-24-2)22-18-10-13-23(14-11-18)16-17-8-5-4-6-9-17;/h4-6,8-9,18H,3,7,10-16H2,1-2H3,(H2,20,21,22);1H. The van der Waals surface area contributed by atoms with Gasteiger partial charge in [0.1, 0.15) is 0 Å². The Balaban J connectivity index is 0.00000312. The van der Waals surface area contributed by atoms with Crippen LogP contribution in [0.15, 0.2) is 35.3 Å². The first-order valence-corrected chi connectivity index (χ1v) is 10.5. The summed E-state index contributed by atoms with van der Waals surface area (Å²) in [6, 6.07) is 11.3. The van der Waals surface area contributed by atoms with E-state index in [0.717, 1.165) is 45.1 Å². The van der Waals surface area contributed by atoms with Crippen molar-refractivity contribution in [2.24, 2.45) is 4.99 Å². The first kappa shape index (κ1) is 22.6. The number of thioether (sulfide) groups is 1. The molecule has 4 nitrogen and oxygen atoms in total. The number of aliphatic imine (C=N–C) groups is 1. The van der Waals surface area contributed by atoms with Crippen molar-refractivity contribution in [3.05, 3.63) is 35.9 Å². The smallest absolute Gasteiger partial charge is 0.191 e. The third kappa shape index (κ3) is 9.15. The maximum Gasteiger partial charge on any atom is 0.191 e. The van der Waals surface area contributed by atoms with Crippen molar-refractivity contribution in [2.75, 3.05) is 38.2 Å². The van der Waals surface area contributed by atoms with Gasteiger partial charge in [0.05, 0.1) is 0 Å². The van der Waals surface area contributed by atoms with Gasteiger partial charge in [-0.05, 0) is 43.8 Å². The van der Waals surface area contributed by atoms with Gasteiger partial charge in [-0.15, -0.1) is 24.0 Å². The average Bonchev–Trinajstić information content (AvgIpc) is 2.61. The molecule has 1 aliphatic heterocycles. The number of hydrogen-bond acceptors (Lipinski definition) is 3. The Bertz CT molecular complexity index is 476. The van der Waals surface area contributed by atoms with Gasteiger partial charge < -0.3 is 10.6 Å². The zero-order valence-electron chi connectivity index (χ0n) is 15.5. The van der Waals surface area contributed by atoms with Gasteiger partial charge in [0.25, 0.3) is 0 Å². The quantitative estimate of drug-likeness (QED) is 0.261. The molecule has 1 fully saturated rings. The first-order chi connectivity index (χ1) is 11.8. The molecule has 1 saturated heterocycles. The van der Waals surface area contributed by atoms with Crippen LogP contribution in [0.4, 0.5) is 0 Å². The fourth-order valence-corrected chi connectivity index (χ4v) is 3.41. The Morgan fingerprint density at radius 1 is 1.24 bits per heavy atom. The van der Waals surface area contributed by atoms with Crippen molar-refractivity contribution in [2.45, 2.75) is 38.8 Å². The van der Waals surface area contributed by atoms with Crippen LogP contribution in [0.3, 0.4) is 0 Å². The molecule has 0 radical (unpaired) electrons. The topological polar surface area (TPSA) is 39.7 Å². The van der Waals surface area contributed by atoms with Crippen molar-refractivity contribution in [3.63, 3.8) is 0 Å². The first-order valence-electron chi connectivity index (χ1n) is 9.12. The van der Waals surface area contributed by atoms with Crippen molar-refractivity contribution in [3.8, 4) is 0 Å². The van der Waals surface area contributed by atoms with E-state index in [2.05, 4.69) is 59.0 Å². The molecular weight excluding hydrogens is 443 g/mol. The second kappa shape index (κ2) is 13.7. The van der Waals surface area contributed by atoms with Crippen LogP contribution < -0.4 is 10.6 Å². The molecular formula is C19H33IN4S. The summed E-state index contributed by atoms with van der Waals surface area (Å²) in [5.41, 5.74) is 1.41. The van der Waals surface area contributed by atoms with Crippen molar-refractivity contribution < 1.29 is 0 Å². The molecule has 2 N–H and O–H groups in total. The second-order valence-electron chi connectivity index (χ2n) is 6.29. The number of nitrogens with one attached hydrogen (secondary N) is 2. The van der Waals surface area contributed by atoms with Gasteiger partial charge in [-0.3, -0.25) is 9.89 Å². The average molecular weight is 476 g/mol. The third-order valence-corrected chi connectivity index (χ3v) is 5.00. The number of guanidine groups is 1. The fraction of sp³-hybridized carbons (Fsp3) is 0.632. The monoisotopic (exact) mass is 476 g/mol. The molecule has 6 heteroatoms. The Labute approximate surface area is 174 Å². The number of nitrogens with zero attached hydrogens (tertiary/aromatic N) is 2. The minimum atomic E-state index is 0. The van der Waals surface area contributed by atoms with E-state index in [1.165, 1.54) is 24.2 Å². The molecule has 1 aliphatic rings. The zero-order valence-corrected chi connectivity index (χ0v) is 18.7. The summed E-state index contributed by atoms with van der Waals surface area (Å²) >= 11 is 1.89. The van der Waals surface area contributed by atoms with E-state index < -0.39 is 0 Å². The Morgan fingerprint density at radius 3 is 2.60 bits per heavy atom. The van der Waals surface area contributed by atoms with Crippen LogP contribution in [0.1, 0.15) is 31.7 Å². The Morgan fingerprint density at radius 2 is 1.96 bits per heavy atom. The molecule has 1 heterocycles. The molecule has 0 atom stereocenters. The van der Waals surface area contributed by atoms with Crippen LogP contribution >= 0.6 is 35.7 Å². The van der Waals surface area contributed by atoms with E-state index in [1.807, 2.05) is 11.8 Å². The lowest BCUT2D eigenvalue weighted by molar-refractivity contribution is 0.198. The number of rotatable bonds is 8. The highest BCUT2D eigenvalue weighted by Gasteiger charge is 2.19. The summed E-state index contributed by atoms with van der Waals surface area (Å²) in [5.74, 6) is 2.17. The van der Waals surface area contributed by atoms with E-state index in [-0.39, 0.29) is 24.0 Å². The number of benzene rings is 1. The predicted molar refractivity (Wildman–Crippen MR) is 122 cm³/mol. The molecule has 0 aliphatic carbocycles. The molecule has 0 bridgehead atoms. The fourth-order valence-electron chi connectivity index (χ4n) is 2.99. The highest BCUT2D eigenvalue weighted by atomic mass is 127. The van der Waals surface area contributed by atoms with Crippen molar-refractivity contribution >= 4 is 41.7 Å².